The Labute approximate surface area is 153 Å². The highest BCUT2D eigenvalue weighted by Gasteiger charge is 2.31. The fourth-order valence-electron chi connectivity index (χ4n) is 2.50. The second-order valence-electron chi connectivity index (χ2n) is 5.83. The Kier molecular flexibility index (Phi) is 7.07. The number of esters is 1. The highest BCUT2D eigenvalue weighted by Crippen LogP contribution is 2.35. The molecule has 25 heavy (non-hydrogen) atoms. The van der Waals surface area contributed by atoms with Crippen LogP contribution >= 0.6 is 11.8 Å². The van der Waals surface area contributed by atoms with Crippen LogP contribution in [0.2, 0.25) is 0 Å². The number of hydrogen-bond donors (Lipinski definition) is 1. The van der Waals surface area contributed by atoms with Gasteiger partial charge in [-0.1, -0.05) is 60.2 Å². The zero-order valence-corrected chi connectivity index (χ0v) is 15.5. The summed E-state index contributed by atoms with van der Waals surface area (Å²) in [4.78, 5) is 23.9. The summed E-state index contributed by atoms with van der Waals surface area (Å²) in [5.41, 5.74) is 3.35. The quantitative estimate of drug-likeness (QED) is 0.769. The van der Waals surface area contributed by atoms with Gasteiger partial charge in [0.15, 0.2) is 0 Å². The molecule has 0 aliphatic carbocycles. The Bertz CT molecular complexity index is 701. The van der Waals surface area contributed by atoms with Crippen LogP contribution in [0.3, 0.4) is 0 Å². The van der Waals surface area contributed by atoms with Gasteiger partial charge in [0.05, 0.1) is 12.4 Å². The van der Waals surface area contributed by atoms with Gasteiger partial charge in [0.2, 0.25) is 5.91 Å². The molecule has 2 atom stereocenters. The number of hydrogen-bond acceptors (Lipinski definition) is 4. The van der Waals surface area contributed by atoms with E-state index in [1.807, 2.05) is 37.3 Å². The van der Waals surface area contributed by atoms with Crippen molar-refractivity contribution in [3.63, 3.8) is 0 Å². The fraction of sp³-hybridized carbons (Fsp3) is 0.300. The van der Waals surface area contributed by atoms with Crippen molar-refractivity contribution in [2.45, 2.75) is 30.9 Å². The molecule has 0 radical (unpaired) electrons. The lowest BCUT2D eigenvalue weighted by Crippen LogP contribution is -2.44. The lowest BCUT2D eigenvalue weighted by atomic mass is 10.1. The summed E-state index contributed by atoms with van der Waals surface area (Å²) in [6, 6.07) is 17.3. The first-order chi connectivity index (χ1) is 12.0. The van der Waals surface area contributed by atoms with E-state index in [1.54, 1.807) is 11.8 Å². The molecule has 0 saturated carbocycles. The van der Waals surface area contributed by atoms with Crippen LogP contribution in [0, 0.1) is 6.92 Å². The van der Waals surface area contributed by atoms with Crippen molar-refractivity contribution in [3.05, 3.63) is 71.3 Å². The van der Waals surface area contributed by atoms with Gasteiger partial charge in [-0.15, -0.1) is 11.8 Å². The number of ether oxygens (including phenoxy) is 1. The molecule has 5 heteroatoms. The molecule has 2 aromatic rings. The largest absolute Gasteiger partial charge is 0.467 e. The lowest BCUT2D eigenvalue weighted by Gasteiger charge is -2.26. The molecule has 1 amide bonds. The third-order valence-corrected chi connectivity index (χ3v) is 5.20. The van der Waals surface area contributed by atoms with Gasteiger partial charge < -0.3 is 10.1 Å². The number of aryl methyl sites for hydroxylation is 1. The van der Waals surface area contributed by atoms with Crippen LogP contribution in [0.4, 0.5) is 0 Å². The molecule has 0 heterocycles. The van der Waals surface area contributed by atoms with E-state index < -0.39 is 12.0 Å². The summed E-state index contributed by atoms with van der Waals surface area (Å²) in [5.74, 6) is 0.0279. The predicted molar refractivity (Wildman–Crippen MR) is 101 cm³/mol. The van der Waals surface area contributed by atoms with Crippen molar-refractivity contribution in [2.24, 2.45) is 0 Å². The molecule has 0 saturated heterocycles. The smallest absolute Gasteiger partial charge is 0.329 e. The second kappa shape index (κ2) is 9.28. The highest BCUT2D eigenvalue weighted by molar-refractivity contribution is 7.98. The van der Waals surface area contributed by atoms with Crippen LogP contribution in [0.25, 0.3) is 0 Å². The summed E-state index contributed by atoms with van der Waals surface area (Å²) in [5, 5.41) is 2.50. The molecule has 132 valence electrons. The Morgan fingerprint density at radius 2 is 1.72 bits per heavy atom. The predicted octanol–water partition coefficient (Wildman–Crippen LogP) is 3.65. The zero-order valence-electron chi connectivity index (χ0n) is 14.7. The molecular weight excluding hydrogens is 334 g/mol. The summed E-state index contributed by atoms with van der Waals surface area (Å²) < 4.78 is 4.92. The minimum atomic E-state index is -0.736. The zero-order chi connectivity index (χ0) is 18.2. The maximum absolute atomic E-state index is 12.3. The van der Waals surface area contributed by atoms with E-state index in [9.17, 15) is 9.59 Å². The van der Waals surface area contributed by atoms with E-state index in [-0.39, 0.29) is 11.2 Å². The SMILES string of the molecule is COC(=O)[C@@H](NC(C)=O)[C@@H](SCc1ccc(C)cc1)c1ccccc1. The standard InChI is InChI=1S/C20H23NO3S/c1-14-9-11-16(12-10-14)13-25-19(17-7-5-4-6-8-17)18(20(23)24-3)21-15(2)22/h4-12,18-19H,13H2,1-3H3,(H,21,22)/t18-,19-/m0/s1. The van der Waals surface area contributed by atoms with Gasteiger partial charge in [0.25, 0.3) is 0 Å². The van der Waals surface area contributed by atoms with Crippen molar-refractivity contribution < 1.29 is 14.3 Å². The first kappa shape index (κ1) is 19.1. The molecule has 0 aliphatic rings. The Balaban J connectivity index is 2.26. The number of thioether (sulfide) groups is 1. The maximum atomic E-state index is 12.3. The molecule has 2 rings (SSSR count). The molecule has 0 unspecified atom stereocenters. The van der Waals surface area contributed by atoms with E-state index in [1.165, 1.54) is 25.2 Å². The maximum Gasteiger partial charge on any atom is 0.329 e. The molecule has 0 spiro atoms. The molecule has 2 aromatic carbocycles. The molecule has 0 aliphatic heterocycles. The van der Waals surface area contributed by atoms with E-state index >= 15 is 0 Å². The summed E-state index contributed by atoms with van der Waals surface area (Å²) in [6.45, 7) is 3.45. The number of amides is 1. The summed E-state index contributed by atoms with van der Waals surface area (Å²) in [6.07, 6.45) is 0. The van der Waals surface area contributed by atoms with Crippen molar-refractivity contribution in [2.75, 3.05) is 7.11 Å². The van der Waals surface area contributed by atoms with Crippen molar-refractivity contribution >= 4 is 23.6 Å². The van der Waals surface area contributed by atoms with Crippen LogP contribution < -0.4 is 5.32 Å². The minimum Gasteiger partial charge on any atom is -0.467 e. The molecule has 0 bridgehead atoms. The van der Waals surface area contributed by atoms with Crippen LogP contribution in [0.1, 0.15) is 28.9 Å². The third kappa shape index (κ3) is 5.64. The Hall–Kier alpha value is -2.27. The normalized spacial score (nSPS) is 12.9. The molecular formula is C20H23NO3S. The highest BCUT2D eigenvalue weighted by atomic mass is 32.2. The Morgan fingerprint density at radius 1 is 1.08 bits per heavy atom. The molecule has 1 N–H and O–H groups in total. The van der Waals surface area contributed by atoms with Crippen LogP contribution in [-0.2, 0) is 20.1 Å². The second-order valence-corrected chi connectivity index (χ2v) is 6.96. The first-order valence-electron chi connectivity index (χ1n) is 8.08. The van der Waals surface area contributed by atoms with Crippen LogP contribution in [-0.4, -0.2) is 25.0 Å². The Morgan fingerprint density at radius 3 is 2.28 bits per heavy atom. The summed E-state index contributed by atoms with van der Waals surface area (Å²) in [7, 11) is 1.34. The van der Waals surface area contributed by atoms with Crippen LogP contribution in [0.15, 0.2) is 54.6 Å². The average molecular weight is 357 g/mol. The van der Waals surface area contributed by atoms with Gasteiger partial charge >= 0.3 is 5.97 Å². The van der Waals surface area contributed by atoms with Gasteiger partial charge in [0.1, 0.15) is 6.04 Å². The van der Waals surface area contributed by atoms with E-state index in [2.05, 4.69) is 29.6 Å². The molecule has 4 nitrogen and oxygen atoms in total. The topological polar surface area (TPSA) is 55.4 Å². The number of nitrogens with one attached hydrogen (secondary N) is 1. The van der Waals surface area contributed by atoms with Gasteiger partial charge in [-0.2, -0.15) is 0 Å². The number of benzene rings is 2. The van der Waals surface area contributed by atoms with Crippen molar-refractivity contribution in [1.82, 2.24) is 5.32 Å². The monoisotopic (exact) mass is 357 g/mol. The van der Waals surface area contributed by atoms with Gasteiger partial charge in [-0.25, -0.2) is 4.79 Å². The van der Waals surface area contributed by atoms with Crippen LogP contribution in [0.5, 0.6) is 0 Å². The number of carbonyl (C=O) groups is 2. The van der Waals surface area contributed by atoms with Gasteiger partial charge in [0, 0.05) is 12.7 Å². The van der Waals surface area contributed by atoms with E-state index in [4.69, 9.17) is 4.74 Å². The number of methoxy groups -OCH3 is 1. The van der Waals surface area contributed by atoms with Crippen molar-refractivity contribution in [1.29, 1.82) is 0 Å². The molecule has 0 fully saturated rings. The summed E-state index contributed by atoms with van der Waals surface area (Å²) >= 11 is 1.61. The molecule has 0 aromatic heterocycles. The number of carbonyl (C=O) groups excluding carboxylic acids is 2. The van der Waals surface area contributed by atoms with E-state index in [0.29, 0.717) is 0 Å². The third-order valence-electron chi connectivity index (χ3n) is 3.79. The van der Waals surface area contributed by atoms with Crippen molar-refractivity contribution in [3.8, 4) is 0 Å². The first-order valence-corrected chi connectivity index (χ1v) is 9.13. The van der Waals surface area contributed by atoms with E-state index in [0.717, 1.165) is 11.3 Å². The van der Waals surface area contributed by atoms with Gasteiger partial charge in [-0.3, -0.25) is 4.79 Å². The van der Waals surface area contributed by atoms with Gasteiger partial charge in [-0.05, 0) is 18.1 Å². The fourth-order valence-corrected chi connectivity index (χ4v) is 3.79. The minimum absolute atomic E-state index is 0.237. The number of rotatable bonds is 7. The lowest BCUT2D eigenvalue weighted by molar-refractivity contribution is -0.144. The average Bonchev–Trinajstić information content (AvgIpc) is 2.62.